The summed E-state index contributed by atoms with van der Waals surface area (Å²) in [6.45, 7) is -2.71. The second-order valence-corrected chi connectivity index (χ2v) is 4.93. The van der Waals surface area contributed by atoms with Crippen molar-refractivity contribution in [3.63, 3.8) is 0 Å². The molecule has 0 aliphatic carbocycles. The topological polar surface area (TPSA) is 66.8 Å². The first-order valence-electron chi connectivity index (χ1n) is 5.55. The molecule has 1 N–H and O–H groups in total. The molecule has 116 valence electrons. The van der Waals surface area contributed by atoms with Gasteiger partial charge in [0.1, 0.15) is 18.8 Å². The van der Waals surface area contributed by atoms with Crippen LogP contribution in [0.3, 0.4) is 0 Å². The van der Waals surface area contributed by atoms with E-state index >= 15 is 0 Å². The molecule has 0 spiro atoms. The third-order valence-corrected chi connectivity index (χ3v) is 2.87. The van der Waals surface area contributed by atoms with Gasteiger partial charge in [0.25, 0.3) is 5.91 Å². The minimum Gasteiger partial charge on any atom is -0.496 e. The fourth-order valence-electron chi connectivity index (χ4n) is 1.59. The van der Waals surface area contributed by atoms with Crippen LogP contribution in [0.25, 0.3) is 0 Å². The molecule has 0 radical (unpaired) electrons. The van der Waals surface area contributed by atoms with Crippen LogP contribution >= 0.6 is 15.9 Å². The predicted molar refractivity (Wildman–Crippen MR) is 70.3 cm³/mol. The number of aliphatic carboxylic acids is 1. The fraction of sp³-hybridized carbons (Fsp3) is 0.333. The van der Waals surface area contributed by atoms with Crippen LogP contribution in [0.4, 0.5) is 13.2 Å². The van der Waals surface area contributed by atoms with E-state index < -0.39 is 31.1 Å². The number of ether oxygens (including phenoxy) is 1. The van der Waals surface area contributed by atoms with E-state index in [4.69, 9.17) is 9.84 Å². The van der Waals surface area contributed by atoms with Gasteiger partial charge < -0.3 is 14.7 Å². The van der Waals surface area contributed by atoms with Gasteiger partial charge in [-0.15, -0.1) is 0 Å². The van der Waals surface area contributed by atoms with E-state index in [1.807, 2.05) is 0 Å². The lowest BCUT2D eigenvalue weighted by molar-refractivity contribution is -0.149. The number of nitrogens with zero attached hydrogens (tertiary/aromatic N) is 1. The molecule has 0 saturated heterocycles. The van der Waals surface area contributed by atoms with Gasteiger partial charge in [-0.25, -0.2) is 0 Å². The summed E-state index contributed by atoms with van der Waals surface area (Å²) in [4.78, 5) is 23.0. The highest BCUT2D eigenvalue weighted by Crippen LogP contribution is 2.26. The maximum absolute atomic E-state index is 12.5. The molecule has 0 atom stereocenters. The number of carbonyl (C=O) groups excluding carboxylic acids is 1. The maximum atomic E-state index is 12.5. The summed E-state index contributed by atoms with van der Waals surface area (Å²) < 4.78 is 42.9. The number of amides is 1. The number of benzene rings is 1. The lowest BCUT2D eigenvalue weighted by atomic mass is 10.1. The number of rotatable bonds is 5. The molecule has 1 aromatic rings. The molecule has 1 rings (SSSR count). The Morgan fingerprint density at radius 3 is 2.48 bits per heavy atom. The Morgan fingerprint density at radius 1 is 1.38 bits per heavy atom. The SMILES string of the molecule is COc1cc(Br)ccc1C(=O)N(CC(=O)O)CC(F)(F)F. The summed E-state index contributed by atoms with van der Waals surface area (Å²) in [7, 11) is 1.25. The molecule has 1 amide bonds. The van der Waals surface area contributed by atoms with Gasteiger partial charge in [-0.3, -0.25) is 9.59 Å². The monoisotopic (exact) mass is 369 g/mol. The number of carbonyl (C=O) groups is 2. The van der Waals surface area contributed by atoms with Crippen molar-refractivity contribution in [3.05, 3.63) is 28.2 Å². The van der Waals surface area contributed by atoms with Crippen LogP contribution in [0.5, 0.6) is 5.75 Å². The van der Waals surface area contributed by atoms with E-state index in [0.29, 0.717) is 4.47 Å². The average Bonchev–Trinajstić information content (AvgIpc) is 2.34. The van der Waals surface area contributed by atoms with Gasteiger partial charge >= 0.3 is 12.1 Å². The highest BCUT2D eigenvalue weighted by Gasteiger charge is 2.35. The van der Waals surface area contributed by atoms with Gasteiger partial charge in [-0.1, -0.05) is 15.9 Å². The number of methoxy groups -OCH3 is 1. The molecule has 0 unspecified atom stereocenters. The molecule has 1 aromatic carbocycles. The molecule has 0 aromatic heterocycles. The van der Waals surface area contributed by atoms with Crippen molar-refractivity contribution in [2.24, 2.45) is 0 Å². The lowest BCUT2D eigenvalue weighted by Gasteiger charge is -2.23. The number of halogens is 4. The lowest BCUT2D eigenvalue weighted by Crippen LogP contribution is -2.42. The minimum atomic E-state index is -4.70. The first kappa shape index (κ1) is 17.3. The van der Waals surface area contributed by atoms with E-state index in [9.17, 15) is 22.8 Å². The van der Waals surface area contributed by atoms with E-state index in [-0.39, 0.29) is 16.2 Å². The average molecular weight is 370 g/mol. The van der Waals surface area contributed by atoms with E-state index in [1.165, 1.54) is 25.3 Å². The summed E-state index contributed by atoms with van der Waals surface area (Å²) in [5.74, 6) is -2.56. The number of hydrogen-bond donors (Lipinski definition) is 1. The van der Waals surface area contributed by atoms with Crippen LogP contribution < -0.4 is 4.74 Å². The van der Waals surface area contributed by atoms with Crippen LogP contribution in [0.2, 0.25) is 0 Å². The van der Waals surface area contributed by atoms with Crippen molar-refractivity contribution in [1.82, 2.24) is 4.90 Å². The zero-order valence-corrected chi connectivity index (χ0v) is 12.4. The fourth-order valence-corrected chi connectivity index (χ4v) is 1.93. The molecule has 0 fully saturated rings. The Kier molecular flexibility index (Phi) is 5.59. The van der Waals surface area contributed by atoms with Crippen LogP contribution in [-0.4, -0.2) is 48.3 Å². The maximum Gasteiger partial charge on any atom is 0.406 e. The largest absolute Gasteiger partial charge is 0.496 e. The summed E-state index contributed by atoms with van der Waals surface area (Å²) in [5, 5.41) is 8.65. The molecule has 0 bridgehead atoms. The number of carboxylic acids is 1. The number of alkyl halides is 3. The number of hydrogen-bond acceptors (Lipinski definition) is 3. The van der Waals surface area contributed by atoms with Crippen molar-refractivity contribution in [3.8, 4) is 5.75 Å². The quantitative estimate of drug-likeness (QED) is 0.865. The van der Waals surface area contributed by atoms with E-state index in [2.05, 4.69) is 15.9 Å². The van der Waals surface area contributed by atoms with Gasteiger partial charge in [0.15, 0.2) is 0 Å². The first-order valence-corrected chi connectivity index (χ1v) is 6.34. The molecule has 5 nitrogen and oxygen atoms in total. The first-order chi connectivity index (χ1) is 9.64. The summed E-state index contributed by atoms with van der Waals surface area (Å²) in [6, 6.07) is 4.11. The highest BCUT2D eigenvalue weighted by molar-refractivity contribution is 9.10. The normalized spacial score (nSPS) is 11.1. The van der Waals surface area contributed by atoms with E-state index in [1.54, 1.807) is 0 Å². The molecule has 0 saturated carbocycles. The van der Waals surface area contributed by atoms with Crippen molar-refractivity contribution in [2.75, 3.05) is 20.2 Å². The summed E-state index contributed by atoms with van der Waals surface area (Å²) in [5.41, 5.74) is -0.147. The standard InChI is InChI=1S/C12H11BrF3NO4/c1-21-9-4-7(13)2-3-8(9)11(20)17(5-10(18)19)6-12(14,15)16/h2-4H,5-6H2,1H3,(H,18,19). The van der Waals surface area contributed by atoms with Crippen LogP contribution in [0.15, 0.2) is 22.7 Å². The van der Waals surface area contributed by atoms with Gasteiger partial charge in [0.2, 0.25) is 0 Å². The van der Waals surface area contributed by atoms with Crippen molar-refractivity contribution < 1.29 is 32.6 Å². The second-order valence-electron chi connectivity index (χ2n) is 4.01. The van der Waals surface area contributed by atoms with Gasteiger partial charge in [-0.2, -0.15) is 13.2 Å². The molecular weight excluding hydrogens is 359 g/mol. The third kappa shape index (κ3) is 5.25. The zero-order chi connectivity index (χ0) is 16.2. The number of carboxylic acid groups (broad SMARTS) is 1. The van der Waals surface area contributed by atoms with Gasteiger partial charge in [-0.05, 0) is 18.2 Å². The summed E-state index contributed by atoms with van der Waals surface area (Å²) in [6.07, 6.45) is -4.70. The smallest absolute Gasteiger partial charge is 0.406 e. The molecule has 21 heavy (non-hydrogen) atoms. The molecule has 0 heterocycles. The van der Waals surface area contributed by atoms with Crippen LogP contribution in [-0.2, 0) is 4.79 Å². The summed E-state index contributed by atoms with van der Waals surface area (Å²) >= 11 is 3.13. The molecular formula is C12H11BrF3NO4. The van der Waals surface area contributed by atoms with Gasteiger partial charge in [0.05, 0.1) is 12.7 Å². The van der Waals surface area contributed by atoms with Crippen molar-refractivity contribution in [1.29, 1.82) is 0 Å². The Balaban J connectivity index is 3.13. The molecule has 0 aliphatic rings. The van der Waals surface area contributed by atoms with Crippen molar-refractivity contribution in [2.45, 2.75) is 6.18 Å². The Bertz CT molecular complexity index is 548. The Hall–Kier alpha value is -1.77. The Labute approximate surface area is 126 Å². The van der Waals surface area contributed by atoms with Crippen LogP contribution in [0.1, 0.15) is 10.4 Å². The highest BCUT2D eigenvalue weighted by atomic mass is 79.9. The third-order valence-electron chi connectivity index (χ3n) is 2.38. The van der Waals surface area contributed by atoms with E-state index in [0.717, 1.165) is 0 Å². The second kappa shape index (κ2) is 6.79. The van der Waals surface area contributed by atoms with Crippen LogP contribution in [0, 0.1) is 0 Å². The predicted octanol–water partition coefficient (Wildman–Crippen LogP) is 2.55. The molecule has 0 aliphatic heterocycles. The Morgan fingerprint density at radius 2 is 2.00 bits per heavy atom. The van der Waals surface area contributed by atoms with Gasteiger partial charge in [0, 0.05) is 4.47 Å². The molecule has 9 heteroatoms. The minimum absolute atomic E-state index is 0.0481. The zero-order valence-electron chi connectivity index (χ0n) is 10.8. The van der Waals surface area contributed by atoms with Crippen molar-refractivity contribution >= 4 is 27.8 Å².